The predicted octanol–water partition coefficient (Wildman–Crippen LogP) is 4.14. The zero-order valence-corrected chi connectivity index (χ0v) is 13.5. The van der Waals surface area contributed by atoms with Crippen LogP contribution in [0.5, 0.6) is 6.01 Å². The molecule has 1 N–H and O–H groups in total. The summed E-state index contributed by atoms with van der Waals surface area (Å²) in [5, 5.41) is 3.90. The molecule has 1 aromatic carbocycles. The summed E-state index contributed by atoms with van der Waals surface area (Å²) in [5.74, 6) is 0.345. The highest BCUT2D eigenvalue weighted by Gasteiger charge is 2.13. The Morgan fingerprint density at radius 1 is 1.05 bits per heavy atom. The number of ether oxygens (including phenoxy) is 1. The van der Waals surface area contributed by atoms with E-state index in [2.05, 4.69) is 20.3 Å². The number of benzene rings is 1. The highest BCUT2D eigenvalue weighted by molar-refractivity contribution is 6.31. The molecule has 2 rings (SSSR count). The topological polar surface area (TPSA) is 59.9 Å². The summed E-state index contributed by atoms with van der Waals surface area (Å²) < 4.78 is 5.43. The van der Waals surface area contributed by atoms with Crippen molar-refractivity contribution in [1.29, 1.82) is 0 Å². The molecule has 112 valence electrons. The van der Waals surface area contributed by atoms with Gasteiger partial charge in [-0.25, -0.2) is 0 Å². The van der Waals surface area contributed by atoms with E-state index >= 15 is 0 Å². The molecule has 2 aromatic rings. The fourth-order valence-corrected chi connectivity index (χ4v) is 2.21. The van der Waals surface area contributed by atoms with Gasteiger partial charge in [-0.05, 0) is 44.0 Å². The summed E-state index contributed by atoms with van der Waals surface area (Å²) in [6.07, 6.45) is -0.0442. The van der Waals surface area contributed by atoms with Gasteiger partial charge in [0, 0.05) is 5.02 Å². The maximum absolute atomic E-state index is 6.17. The van der Waals surface area contributed by atoms with Gasteiger partial charge in [0.25, 0.3) is 0 Å². The highest BCUT2D eigenvalue weighted by atomic mass is 35.5. The van der Waals surface area contributed by atoms with Gasteiger partial charge in [0.05, 0.1) is 12.1 Å². The van der Waals surface area contributed by atoms with Gasteiger partial charge in [0.2, 0.25) is 11.2 Å². The van der Waals surface area contributed by atoms with Gasteiger partial charge in [-0.2, -0.15) is 15.0 Å². The van der Waals surface area contributed by atoms with Gasteiger partial charge in [0.1, 0.15) is 0 Å². The molecule has 1 aromatic heterocycles. The SMILES string of the molecule is CC(C)Oc1nc(Cl)nc(NC(C)c2ccccc2Cl)n1. The maximum Gasteiger partial charge on any atom is 0.322 e. The Hall–Kier alpha value is -1.59. The van der Waals surface area contributed by atoms with Crippen LogP contribution in [0.25, 0.3) is 0 Å². The minimum Gasteiger partial charge on any atom is -0.461 e. The number of rotatable bonds is 5. The van der Waals surface area contributed by atoms with Crippen LogP contribution in [-0.2, 0) is 0 Å². The number of nitrogens with one attached hydrogen (secondary N) is 1. The molecule has 0 aliphatic heterocycles. The molecule has 1 heterocycles. The Labute approximate surface area is 133 Å². The van der Waals surface area contributed by atoms with E-state index in [9.17, 15) is 0 Å². The largest absolute Gasteiger partial charge is 0.461 e. The average Bonchev–Trinajstić information content (AvgIpc) is 2.37. The molecule has 7 heteroatoms. The molecular weight excluding hydrogens is 311 g/mol. The van der Waals surface area contributed by atoms with Crippen LogP contribution in [0.4, 0.5) is 5.95 Å². The van der Waals surface area contributed by atoms with Crippen molar-refractivity contribution in [2.45, 2.75) is 32.9 Å². The van der Waals surface area contributed by atoms with E-state index in [0.29, 0.717) is 11.0 Å². The molecule has 0 fully saturated rings. The summed E-state index contributed by atoms with van der Waals surface area (Å²) in [7, 11) is 0. The van der Waals surface area contributed by atoms with Crippen LogP contribution in [0.15, 0.2) is 24.3 Å². The first kappa shape index (κ1) is 15.8. The van der Waals surface area contributed by atoms with Crippen LogP contribution in [-0.4, -0.2) is 21.1 Å². The second-order valence-electron chi connectivity index (χ2n) is 4.76. The molecule has 5 nitrogen and oxygen atoms in total. The van der Waals surface area contributed by atoms with E-state index in [-0.39, 0.29) is 23.4 Å². The lowest BCUT2D eigenvalue weighted by atomic mass is 10.1. The first-order valence-electron chi connectivity index (χ1n) is 6.55. The third kappa shape index (κ3) is 4.44. The van der Waals surface area contributed by atoms with E-state index in [0.717, 1.165) is 5.56 Å². The molecule has 21 heavy (non-hydrogen) atoms. The van der Waals surface area contributed by atoms with Crippen molar-refractivity contribution in [2.24, 2.45) is 0 Å². The first-order valence-corrected chi connectivity index (χ1v) is 7.30. The lowest BCUT2D eigenvalue weighted by Crippen LogP contribution is -2.13. The number of hydrogen-bond acceptors (Lipinski definition) is 5. The molecule has 0 radical (unpaired) electrons. The number of halogens is 2. The zero-order chi connectivity index (χ0) is 15.4. The van der Waals surface area contributed by atoms with Gasteiger partial charge in [-0.15, -0.1) is 0 Å². The summed E-state index contributed by atoms with van der Waals surface area (Å²) in [6, 6.07) is 7.69. The summed E-state index contributed by atoms with van der Waals surface area (Å²) >= 11 is 12.1. The van der Waals surface area contributed by atoms with E-state index < -0.39 is 0 Å². The molecule has 0 saturated carbocycles. The molecule has 0 aliphatic carbocycles. The summed E-state index contributed by atoms with van der Waals surface area (Å²) in [6.45, 7) is 5.73. The number of hydrogen-bond donors (Lipinski definition) is 1. The molecule has 0 aliphatic rings. The van der Waals surface area contributed by atoms with Crippen molar-refractivity contribution in [3.05, 3.63) is 40.1 Å². The summed E-state index contributed by atoms with van der Waals surface area (Å²) in [5.41, 5.74) is 0.946. The molecule has 0 amide bonds. The third-order valence-electron chi connectivity index (χ3n) is 2.65. The Kier molecular flexibility index (Phi) is 5.20. The maximum atomic E-state index is 6.17. The average molecular weight is 327 g/mol. The molecule has 0 saturated heterocycles. The van der Waals surface area contributed by atoms with Crippen LogP contribution in [0.3, 0.4) is 0 Å². The van der Waals surface area contributed by atoms with Crippen molar-refractivity contribution in [3.63, 3.8) is 0 Å². The Morgan fingerprint density at radius 3 is 2.43 bits per heavy atom. The van der Waals surface area contributed by atoms with E-state index in [4.69, 9.17) is 27.9 Å². The monoisotopic (exact) mass is 326 g/mol. The van der Waals surface area contributed by atoms with Crippen LogP contribution in [0.1, 0.15) is 32.4 Å². The number of anilines is 1. The van der Waals surface area contributed by atoms with E-state index in [1.165, 1.54) is 0 Å². The highest BCUT2D eigenvalue weighted by Crippen LogP contribution is 2.25. The van der Waals surface area contributed by atoms with Crippen molar-refractivity contribution in [3.8, 4) is 6.01 Å². The second kappa shape index (κ2) is 6.91. The fourth-order valence-electron chi connectivity index (χ4n) is 1.76. The molecule has 1 unspecified atom stereocenters. The molecule has 0 spiro atoms. The predicted molar refractivity (Wildman–Crippen MR) is 84.1 cm³/mol. The minimum absolute atomic E-state index is 0.0442. The lowest BCUT2D eigenvalue weighted by Gasteiger charge is -2.16. The van der Waals surface area contributed by atoms with Crippen LogP contribution >= 0.6 is 23.2 Å². The molecule has 0 bridgehead atoms. The van der Waals surface area contributed by atoms with Gasteiger partial charge in [-0.1, -0.05) is 29.8 Å². The summed E-state index contributed by atoms with van der Waals surface area (Å²) in [4.78, 5) is 12.2. The van der Waals surface area contributed by atoms with Crippen molar-refractivity contribution in [1.82, 2.24) is 15.0 Å². The van der Waals surface area contributed by atoms with E-state index in [1.807, 2.05) is 45.0 Å². The normalized spacial score (nSPS) is 12.3. The Balaban J connectivity index is 2.19. The van der Waals surface area contributed by atoms with Crippen molar-refractivity contribution >= 4 is 29.2 Å². The van der Waals surface area contributed by atoms with Crippen LogP contribution in [0.2, 0.25) is 10.3 Å². The second-order valence-corrected chi connectivity index (χ2v) is 5.51. The Bertz CT molecular complexity index is 622. The van der Waals surface area contributed by atoms with Gasteiger partial charge < -0.3 is 10.1 Å². The fraction of sp³-hybridized carbons (Fsp3) is 0.357. The molecule has 1 atom stereocenters. The van der Waals surface area contributed by atoms with Crippen molar-refractivity contribution in [2.75, 3.05) is 5.32 Å². The van der Waals surface area contributed by atoms with Gasteiger partial charge in [0.15, 0.2) is 0 Å². The number of aromatic nitrogens is 3. The standard InChI is InChI=1S/C14H16Cl2N4O/c1-8(2)21-14-19-12(16)18-13(20-14)17-9(3)10-6-4-5-7-11(10)15/h4-9H,1-3H3,(H,17,18,19,20). The Morgan fingerprint density at radius 2 is 1.76 bits per heavy atom. The smallest absolute Gasteiger partial charge is 0.322 e. The van der Waals surface area contributed by atoms with Gasteiger partial charge >= 0.3 is 6.01 Å². The zero-order valence-electron chi connectivity index (χ0n) is 12.0. The first-order chi connectivity index (χ1) is 9.95. The van der Waals surface area contributed by atoms with E-state index in [1.54, 1.807) is 0 Å². The van der Waals surface area contributed by atoms with Crippen LogP contribution in [0, 0.1) is 0 Å². The quantitative estimate of drug-likeness (QED) is 0.894. The van der Waals surface area contributed by atoms with Crippen molar-refractivity contribution < 1.29 is 4.74 Å². The number of nitrogens with zero attached hydrogens (tertiary/aromatic N) is 3. The third-order valence-corrected chi connectivity index (χ3v) is 3.16. The van der Waals surface area contributed by atoms with Gasteiger partial charge in [-0.3, -0.25) is 0 Å². The molecular formula is C14H16Cl2N4O. The minimum atomic E-state index is -0.0796. The lowest BCUT2D eigenvalue weighted by molar-refractivity contribution is 0.222. The van der Waals surface area contributed by atoms with Crippen LogP contribution < -0.4 is 10.1 Å².